The van der Waals surface area contributed by atoms with Gasteiger partial charge in [-0.1, -0.05) is 55.1 Å². The van der Waals surface area contributed by atoms with Crippen LogP contribution < -0.4 is 10.2 Å². The van der Waals surface area contributed by atoms with E-state index >= 15 is 0 Å². The molecule has 2 aliphatic heterocycles. The number of halogens is 3. The van der Waals surface area contributed by atoms with Crippen molar-refractivity contribution in [2.24, 2.45) is 0 Å². The van der Waals surface area contributed by atoms with Gasteiger partial charge in [0.15, 0.2) is 0 Å². The normalized spacial score (nSPS) is 17.8. The third-order valence-corrected chi connectivity index (χ3v) is 6.46. The second kappa shape index (κ2) is 9.02. The van der Waals surface area contributed by atoms with E-state index < -0.39 is 30.6 Å². The highest BCUT2D eigenvalue weighted by Gasteiger charge is 2.53. The smallest absolute Gasteiger partial charge is 0.345 e. The number of fused-ring (bicyclic) bond motifs is 2. The highest BCUT2D eigenvalue weighted by atomic mass is 19.4. The van der Waals surface area contributed by atoms with Crippen LogP contribution in [-0.4, -0.2) is 49.1 Å². The van der Waals surface area contributed by atoms with Gasteiger partial charge < -0.3 is 10.2 Å². The second-order valence-electron chi connectivity index (χ2n) is 8.57. The number of benzene rings is 2. The Morgan fingerprint density at radius 2 is 1.79 bits per heavy atom. The summed E-state index contributed by atoms with van der Waals surface area (Å²) in [4.78, 5) is 29.6. The van der Waals surface area contributed by atoms with Gasteiger partial charge in [0, 0.05) is 12.2 Å². The third-order valence-electron chi connectivity index (χ3n) is 6.46. The SMILES string of the molecule is C=Cc1cccc2c1C1(CCN(Cc3ccccc3)CC1)C(=O)N2CC(=O)NCC(F)(F)F. The third kappa shape index (κ3) is 4.66. The van der Waals surface area contributed by atoms with E-state index in [0.717, 1.165) is 17.7 Å². The molecular formula is C25H26F3N3O2. The van der Waals surface area contributed by atoms with Crippen molar-refractivity contribution in [2.45, 2.75) is 31.0 Å². The van der Waals surface area contributed by atoms with Crippen LogP contribution in [0.15, 0.2) is 55.1 Å². The maximum absolute atomic E-state index is 13.7. The number of alkyl halides is 3. The Balaban J connectivity index is 1.56. The van der Waals surface area contributed by atoms with Crippen molar-refractivity contribution in [3.05, 3.63) is 71.8 Å². The number of nitrogens with zero attached hydrogens (tertiary/aromatic N) is 2. The summed E-state index contributed by atoms with van der Waals surface area (Å²) >= 11 is 0. The molecule has 1 fully saturated rings. The van der Waals surface area contributed by atoms with Crippen molar-refractivity contribution in [3.63, 3.8) is 0 Å². The van der Waals surface area contributed by atoms with Crippen LogP contribution in [0.25, 0.3) is 6.08 Å². The van der Waals surface area contributed by atoms with Crippen molar-refractivity contribution in [1.29, 1.82) is 0 Å². The van der Waals surface area contributed by atoms with Crippen LogP contribution in [0.3, 0.4) is 0 Å². The van der Waals surface area contributed by atoms with E-state index in [1.54, 1.807) is 18.2 Å². The summed E-state index contributed by atoms with van der Waals surface area (Å²) in [5.74, 6) is -1.07. The van der Waals surface area contributed by atoms with Crippen molar-refractivity contribution in [1.82, 2.24) is 10.2 Å². The number of carbonyl (C=O) groups excluding carboxylic acids is 2. The van der Waals surface area contributed by atoms with E-state index in [0.29, 0.717) is 31.6 Å². The zero-order valence-electron chi connectivity index (χ0n) is 18.2. The number of amides is 2. The van der Waals surface area contributed by atoms with Crippen molar-refractivity contribution in [3.8, 4) is 0 Å². The molecule has 0 aromatic heterocycles. The summed E-state index contributed by atoms with van der Waals surface area (Å²) in [7, 11) is 0. The fourth-order valence-corrected chi connectivity index (χ4v) is 4.90. The number of carbonyl (C=O) groups is 2. The van der Waals surface area contributed by atoms with E-state index in [9.17, 15) is 22.8 Å². The molecule has 2 aromatic carbocycles. The van der Waals surface area contributed by atoms with Crippen molar-refractivity contribution in [2.75, 3.05) is 31.1 Å². The largest absolute Gasteiger partial charge is 0.405 e. The fourth-order valence-electron chi connectivity index (χ4n) is 4.90. The molecule has 0 saturated carbocycles. The summed E-state index contributed by atoms with van der Waals surface area (Å²) in [5, 5.41) is 1.87. The van der Waals surface area contributed by atoms with Gasteiger partial charge in [0.1, 0.15) is 13.1 Å². The molecule has 0 aliphatic carbocycles. The van der Waals surface area contributed by atoms with Crippen LogP contribution in [0.5, 0.6) is 0 Å². The molecule has 1 spiro atoms. The average molecular weight is 457 g/mol. The molecule has 2 heterocycles. The zero-order chi connectivity index (χ0) is 23.6. The van der Waals surface area contributed by atoms with E-state index in [-0.39, 0.29) is 5.91 Å². The minimum absolute atomic E-state index is 0.228. The number of likely N-dealkylation sites (tertiary alicyclic amines) is 1. The predicted molar refractivity (Wildman–Crippen MR) is 121 cm³/mol. The predicted octanol–water partition coefficient (Wildman–Crippen LogP) is 3.89. The number of rotatable bonds is 6. The molecule has 0 atom stereocenters. The molecule has 0 radical (unpaired) electrons. The molecule has 0 unspecified atom stereocenters. The second-order valence-corrected chi connectivity index (χ2v) is 8.57. The van der Waals surface area contributed by atoms with Gasteiger partial charge in [-0.2, -0.15) is 13.2 Å². The monoisotopic (exact) mass is 457 g/mol. The lowest BCUT2D eigenvalue weighted by atomic mass is 9.72. The number of anilines is 1. The topological polar surface area (TPSA) is 52.7 Å². The van der Waals surface area contributed by atoms with Crippen LogP contribution in [0.1, 0.15) is 29.5 Å². The van der Waals surface area contributed by atoms with Crippen LogP contribution in [-0.2, 0) is 21.5 Å². The number of hydrogen-bond donors (Lipinski definition) is 1. The van der Waals surface area contributed by atoms with E-state index in [1.807, 2.05) is 29.6 Å². The highest BCUT2D eigenvalue weighted by molar-refractivity contribution is 6.11. The van der Waals surface area contributed by atoms with Gasteiger partial charge in [-0.15, -0.1) is 0 Å². The number of hydrogen-bond acceptors (Lipinski definition) is 3. The fraction of sp³-hybridized carbons (Fsp3) is 0.360. The lowest BCUT2D eigenvalue weighted by Gasteiger charge is -2.39. The lowest BCUT2D eigenvalue weighted by Crippen LogP contribution is -2.50. The molecular weight excluding hydrogens is 431 g/mol. The molecule has 5 nitrogen and oxygen atoms in total. The Labute approximate surface area is 190 Å². The van der Waals surface area contributed by atoms with Gasteiger partial charge >= 0.3 is 6.18 Å². The zero-order valence-corrected chi connectivity index (χ0v) is 18.2. The van der Waals surface area contributed by atoms with Crippen LogP contribution in [0.4, 0.5) is 18.9 Å². The molecule has 1 N–H and O–H groups in total. The van der Waals surface area contributed by atoms with E-state index in [2.05, 4.69) is 23.6 Å². The molecule has 2 aliphatic rings. The van der Waals surface area contributed by atoms with Gasteiger partial charge in [-0.25, -0.2) is 0 Å². The summed E-state index contributed by atoms with van der Waals surface area (Å²) in [6.07, 6.45) is -1.68. The first-order valence-corrected chi connectivity index (χ1v) is 10.9. The standard InChI is InChI=1S/C25H26F3N3O2/c1-2-19-9-6-10-20-22(19)24(23(33)31(20)16-21(32)29-17-25(26,27)28)11-13-30(14-12-24)15-18-7-4-3-5-8-18/h2-10H,1,11-17H2,(H,29,32). The van der Waals surface area contributed by atoms with Crippen molar-refractivity contribution < 1.29 is 22.8 Å². The summed E-state index contributed by atoms with van der Waals surface area (Å²) in [6.45, 7) is 4.18. The van der Waals surface area contributed by atoms with E-state index in [1.165, 1.54) is 10.5 Å². The van der Waals surface area contributed by atoms with E-state index in [4.69, 9.17) is 0 Å². The maximum Gasteiger partial charge on any atom is 0.405 e. The molecule has 4 rings (SSSR count). The Bertz CT molecular complexity index is 1040. The van der Waals surface area contributed by atoms with Gasteiger partial charge in [-0.3, -0.25) is 14.5 Å². The van der Waals surface area contributed by atoms with Gasteiger partial charge in [0.05, 0.1) is 5.41 Å². The van der Waals surface area contributed by atoms with Crippen LogP contribution in [0.2, 0.25) is 0 Å². The Hall–Kier alpha value is -3.13. The Morgan fingerprint density at radius 1 is 1.09 bits per heavy atom. The molecule has 2 amide bonds. The number of piperidine rings is 1. The molecule has 1 saturated heterocycles. The van der Waals surface area contributed by atoms with Crippen molar-refractivity contribution >= 4 is 23.6 Å². The highest BCUT2D eigenvalue weighted by Crippen LogP contribution is 2.49. The molecule has 8 heteroatoms. The van der Waals surface area contributed by atoms with Crippen LogP contribution in [0, 0.1) is 0 Å². The summed E-state index contributed by atoms with van der Waals surface area (Å²) in [5.41, 5.74) is 2.61. The summed E-state index contributed by atoms with van der Waals surface area (Å²) < 4.78 is 37.5. The quantitative estimate of drug-likeness (QED) is 0.716. The first-order chi connectivity index (χ1) is 15.7. The summed E-state index contributed by atoms with van der Waals surface area (Å²) in [6, 6.07) is 15.5. The Kier molecular flexibility index (Phi) is 6.30. The van der Waals surface area contributed by atoms with Crippen LogP contribution >= 0.6 is 0 Å². The minimum atomic E-state index is -4.51. The van der Waals surface area contributed by atoms with Gasteiger partial charge in [-0.05, 0) is 48.7 Å². The average Bonchev–Trinajstić information content (AvgIpc) is 3.02. The Morgan fingerprint density at radius 3 is 2.42 bits per heavy atom. The minimum Gasteiger partial charge on any atom is -0.345 e. The maximum atomic E-state index is 13.7. The molecule has 2 aromatic rings. The number of nitrogens with one attached hydrogen (secondary N) is 1. The molecule has 0 bridgehead atoms. The molecule has 174 valence electrons. The van der Waals surface area contributed by atoms with Gasteiger partial charge in [0.2, 0.25) is 11.8 Å². The lowest BCUT2D eigenvalue weighted by molar-refractivity contribution is -0.138. The van der Waals surface area contributed by atoms with Gasteiger partial charge in [0.25, 0.3) is 0 Å². The first kappa shape index (κ1) is 23.0. The molecule has 33 heavy (non-hydrogen) atoms. The first-order valence-electron chi connectivity index (χ1n) is 10.9.